The molecule has 0 rings (SSSR count). The van der Waals surface area contributed by atoms with Crippen LogP contribution in [0.1, 0.15) is 13.3 Å². The summed E-state index contributed by atoms with van der Waals surface area (Å²) in [5.41, 5.74) is 5.52. The van der Waals surface area contributed by atoms with E-state index in [4.69, 9.17) is 5.73 Å². The number of rotatable bonds is 5. The number of nitrogens with two attached hydrogens (primary N) is 1. The number of carbonyl (C=O) groups excluding carboxylic acids is 1. The van der Waals surface area contributed by atoms with E-state index in [2.05, 4.69) is 0 Å². The average Bonchev–Trinajstić information content (AvgIpc) is 1.98. The van der Waals surface area contributed by atoms with Gasteiger partial charge in [0.05, 0.1) is 6.10 Å². The molecule has 0 saturated heterocycles. The SMILES string of the molecule is CC(=CCC(O)CN(C)C)C(N)=O. The third-order valence-electron chi connectivity index (χ3n) is 1.66. The second kappa shape index (κ2) is 5.72. The highest BCUT2D eigenvalue weighted by atomic mass is 16.3. The van der Waals surface area contributed by atoms with Crippen molar-refractivity contribution in [1.82, 2.24) is 4.90 Å². The van der Waals surface area contributed by atoms with Gasteiger partial charge in [0.2, 0.25) is 5.91 Å². The number of likely N-dealkylation sites (N-methyl/N-ethyl adjacent to an activating group) is 1. The normalized spacial score (nSPS) is 14.7. The Bertz CT molecular complexity index is 200. The van der Waals surface area contributed by atoms with E-state index in [1.165, 1.54) is 0 Å². The van der Waals surface area contributed by atoms with Gasteiger partial charge in [-0.05, 0) is 27.4 Å². The van der Waals surface area contributed by atoms with E-state index in [0.29, 0.717) is 18.5 Å². The van der Waals surface area contributed by atoms with Gasteiger partial charge in [0.1, 0.15) is 0 Å². The lowest BCUT2D eigenvalue weighted by atomic mass is 10.1. The van der Waals surface area contributed by atoms with Crippen LogP contribution in [0.2, 0.25) is 0 Å². The fourth-order valence-electron chi connectivity index (χ4n) is 0.909. The Hall–Kier alpha value is -0.870. The van der Waals surface area contributed by atoms with E-state index in [1.54, 1.807) is 13.0 Å². The third-order valence-corrected chi connectivity index (χ3v) is 1.66. The summed E-state index contributed by atoms with van der Waals surface area (Å²) < 4.78 is 0. The van der Waals surface area contributed by atoms with E-state index in [1.807, 2.05) is 19.0 Å². The maximum Gasteiger partial charge on any atom is 0.244 e. The van der Waals surface area contributed by atoms with E-state index in [0.717, 1.165) is 0 Å². The Morgan fingerprint density at radius 2 is 2.15 bits per heavy atom. The summed E-state index contributed by atoms with van der Waals surface area (Å²) in [4.78, 5) is 12.5. The Balaban J connectivity index is 3.87. The fourth-order valence-corrected chi connectivity index (χ4v) is 0.909. The first kappa shape index (κ1) is 12.1. The predicted octanol–water partition coefficient (Wildman–Crippen LogP) is -0.269. The Morgan fingerprint density at radius 1 is 1.62 bits per heavy atom. The highest BCUT2D eigenvalue weighted by molar-refractivity contribution is 5.91. The lowest BCUT2D eigenvalue weighted by Gasteiger charge is -2.14. The third kappa shape index (κ3) is 6.31. The van der Waals surface area contributed by atoms with E-state index in [-0.39, 0.29) is 0 Å². The molecule has 4 heteroatoms. The van der Waals surface area contributed by atoms with Crippen molar-refractivity contribution in [2.24, 2.45) is 5.73 Å². The zero-order valence-electron chi connectivity index (χ0n) is 8.45. The number of hydrogen-bond acceptors (Lipinski definition) is 3. The number of nitrogens with zero attached hydrogens (tertiary/aromatic N) is 1. The highest BCUT2D eigenvalue weighted by Crippen LogP contribution is 1.99. The summed E-state index contributed by atoms with van der Waals surface area (Å²) in [7, 11) is 3.77. The molecule has 0 aromatic heterocycles. The van der Waals surface area contributed by atoms with Crippen LogP contribution in [0.15, 0.2) is 11.6 Å². The zero-order valence-corrected chi connectivity index (χ0v) is 8.45. The largest absolute Gasteiger partial charge is 0.391 e. The van der Waals surface area contributed by atoms with Gasteiger partial charge in [-0.15, -0.1) is 0 Å². The van der Waals surface area contributed by atoms with Crippen LogP contribution in [-0.4, -0.2) is 42.7 Å². The first-order valence-corrected chi connectivity index (χ1v) is 4.23. The van der Waals surface area contributed by atoms with Crippen molar-refractivity contribution in [2.75, 3.05) is 20.6 Å². The van der Waals surface area contributed by atoms with Crippen molar-refractivity contribution < 1.29 is 9.90 Å². The molecular formula is C9H18N2O2. The van der Waals surface area contributed by atoms with Crippen molar-refractivity contribution >= 4 is 5.91 Å². The molecule has 0 aliphatic rings. The van der Waals surface area contributed by atoms with Gasteiger partial charge in [-0.1, -0.05) is 6.08 Å². The number of aliphatic hydroxyl groups is 1. The van der Waals surface area contributed by atoms with Gasteiger partial charge in [-0.25, -0.2) is 0 Å². The van der Waals surface area contributed by atoms with Gasteiger partial charge >= 0.3 is 0 Å². The first-order chi connectivity index (χ1) is 5.93. The Kier molecular flexibility index (Phi) is 5.34. The summed E-state index contributed by atoms with van der Waals surface area (Å²) in [5, 5.41) is 9.41. The van der Waals surface area contributed by atoms with Crippen LogP contribution < -0.4 is 5.73 Å². The smallest absolute Gasteiger partial charge is 0.244 e. The van der Waals surface area contributed by atoms with Crippen LogP contribution in [0.4, 0.5) is 0 Å². The molecule has 0 aromatic carbocycles. The quantitative estimate of drug-likeness (QED) is 0.581. The Morgan fingerprint density at radius 3 is 2.54 bits per heavy atom. The number of hydrogen-bond donors (Lipinski definition) is 2. The second-order valence-corrected chi connectivity index (χ2v) is 3.40. The summed E-state index contributed by atoms with van der Waals surface area (Å²) in [5.74, 6) is -0.433. The van der Waals surface area contributed by atoms with Crippen LogP contribution in [-0.2, 0) is 4.79 Å². The standard InChI is InChI=1S/C9H18N2O2/c1-7(9(10)13)4-5-8(12)6-11(2)3/h4,8,12H,5-6H2,1-3H3,(H2,10,13). The molecule has 0 aliphatic carbocycles. The predicted molar refractivity (Wildman–Crippen MR) is 52.1 cm³/mol. The average molecular weight is 186 g/mol. The van der Waals surface area contributed by atoms with Gasteiger partial charge in [-0.2, -0.15) is 0 Å². The van der Waals surface area contributed by atoms with Gasteiger partial charge in [0.15, 0.2) is 0 Å². The lowest BCUT2D eigenvalue weighted by molar-refractivity contribution is -0.114. The molecule has 0 aliphatic heterocycles. The van der Waals surface area contributed by atoms with E-state index < -0.39 is 12.0 Å². The van der Waals surface area contributed by atoms with Crippen molar-refractivity contribution in [3.8, 4) is 0 Å². The number of aliphatic hydroxyl groups excluding tert-OH is 1. The molecule has 1 amide bonds. The van der Waals surface area contributed by atoms with E-state index >= 15 is 0 Å². The highest BCUT2D eigenvalue weighted by Gasteiger charge is 2.04. The molecule has 0 fully saturated rings. The van der Waals surface area contributed by atoms with Crippen molar-refractivity contribution in [3.63, 3.8) is 0 Å². The zero-order chi connectivity index (χ0) is 10.4. The molecule has 0 spiro atoms. The van der Waals surface area contributed by atoms with Crippen LogP contribution in [0.25, 0.3) is 0 Å². The second-order valence-electron chi connectivity index (χ2n) is 3.40. The minimum atomic E-state index is -0.440. The van der Waals surface area contributed by atoms with Crippen LogP contribution in [0.5, 0.6) is 0 Å². The number of primary amides is 1. The number of carbonyl (C=O) groups is 1. The monoisotopic (exact) mass is 186 g/mol. The molecule has 0 heterocycles. The summed E-state index contributed by atoms with van der Waals surface area (Å²) in [6, 6.07) is 0. The molecule has 4 nitrogen and oxygen atoms in total. The minimum absolute atomic E-state index is 0.433. The van der Waals surface area contributed by atoms with Gasteiger partial charge in [0, 0.05) is 12.1 Å². The first-order valence-electron chi connectivity index (χ1n) is 4.23. The molecule has 0 radical (unpaired) electrons. The molecule has 0 bridgehead atoms. The molecule has 0 aromatic rings. The molecular weight excluding hydrogens is 168 g/mol. The van der Waals surface area contributed by atoms with E-state index in [9.17, 15) is 9.90 Å². The van der Waals surface area contributed by atoms with Crippen molar-refractivity contribution in [1.29, 1.82) is 0 Å². The Labute approximate surface area is 79.0 Å². The minimum Gasteiger partial charge on any atom is -0.391 e. The topological polar surface area (TPSA) is 66.6 Å². The van der Waals surface area contributed by atoms with Gasteiger partial charge < -0.3 is 15.7 Å². The maximum absolute atomic E-state index is 10.6. The molecule has 0 saturated carbocycles. The van der Waals surface area contributed by atoms with Crippen molar-refractivity contribution in [2.45, 2.75) is 19.4 Å². The fraction of sp³-hybridized carbons (Fsp3) is 0.667. The van der Waals surface area contributed by atoms with Crippen LogP contribution >= 0.6 is 0 Å². The van der Waals surface area contributed by atoms with Crippen LogP contribution in [0.3, 0.4) is 0 Å². The molecule has 1 atom stereocenters. The number of amides is 1. The van der Waals surface area contributed by atoms with Gasteiger partial charge in [-0.3, -0.25) is 4.79 Å². The lowest BCUT2D eigenvalue weighted by Crippen LogP contribution is -2.25. The summed E-state index contributed by atoms with van der Waals surface area (Å²) >= 11 is 0. The van der Waals surface area contributed by atoms with Crippen molar-refractivity contribution in [3.05, 3.63) is 11.6 Å². The molecule has 3 N–H and O–H groups in total. The summed E-state index contributed by atoms with van der Waals surface area (Å²) in [6.45, 7) is 2.23. The molecule has 1 unspecified atom stereocenters. The molecule has 13 heavy (non-hydrogen) atoms. The summed E-state index contributed by atoms with van der Waals surface area (Å²) in [6.07, 6.45) is 1.69. The van der Waals surface area contributed by atoms with Crippen LogP contribution in [0, 0.1) is 0 Å². The molecule has 76 valence electrons. The maximum atomic E-state index is 10.6. The van der Waals surface area contributed by atoms with Gasteiger partial charge in [0.25, 0.3) is 0 Å².